The molecule has 0 saturated heterocycles. The second-order valence-electron chi connectivity index (χ2n) is 5.53. The predicted molar refractivity (Wildman–Crippen MR) is 81.0 cm³/mol. The second-order valence-corrected chi connectivity index (χ2v) is 5.53. The lowest BCUT2D eigenvalue weighted by Crippen LogP contribution is -2.39. The van der Waals surface area contributed by atoms with Gasteiger partial charge in [0, 0.05) is 17.5 Å². The van der Waals surface area contributed by atoms with E-state index in [1.54, 1.807) is 7.11 Å². The summed E-state index contributed by atoms with van der Waals surface area (Å²) in [5, 5.41) is 3.74. The smallest absolute Gasteiger partial charge is 0.122 e. The van der Waals surface area contributed by atoms with Crippen molar-refractivity contribution in [2.75, 3.05) is 13.7 Å². The number of ether oxygens (including phenoxy) is 1. The topological polar surface area (TPSA) is 21.3 Å². The minimum atomic E-state index is 0.608. The maximum Gasteiger partial charge on any atom is 0.122 e. The van der Waals surface area contributed by atoms with E-state index in [1.165, 1.54) is 43.2 Å². The van der Waals surface area contributed by atoms with Gasteiger partial charge in [0.1, 0.15) is 5.75 Å². The van der Waals surface area contributed by atoms with Gasteiger partial charge in [0.2, 0.25) is 0 Å². The van der Waals surface area contributed by atoms with Gasteiger partial charge in [-0.05, 0) is 43.9 Å². The van der Waals surface area contributed by atoms with Crippen LogP contribution in [0.1, 0.15) is 56.6 Å². The van der Waals surface area contributed by atoms with E-state index in [4.69, 9.17) is 4.74 Å². The number of hydrogen-bond donors (Lipinski definition) is 1. The van der Waals surface area contributed by atoms with Gasteiger partial charge >= 0.3 is 0 Å². The molecular weight excluding hydrogens is 234 g/mol. The molecule has 19 heavy (non-hydrogen) atoms. The molecule has 1 N–H and O–H groups in total. The van der Waals surface area contributed by atoms with Crippen molar-refractivity contribution >= 4 is 0 Å². The van der Waals surface area contributed by atoms with Crippen molar-refractivity contribution in [3.63, 3.8) is 0 Å². The fourth-order valence-electron chi connectivity index (χ4n) is 3.35. The van der Waals surface area contributed by atoms with Gasteiger partial charge in [-0.25, -0.2) is 0 Å². The van der Waals surface area contributed by atoms with Crippen molar-refractivity contribution in [3.8, 4) is 5.75 Å². The normalized spacial score (nSPS) is 22.1. The summed E-state index contributed by atoms with van der Waals surface area (Å²) in [5.41, 5.74) is 2.96. The second kappa shape index (κ2) is 6.95. The van der Waals surface area contributed by atoms with Crippen LogP contribution in [0.2, 0.25) is 0 Å². The molecule has 0 unspecified atom stereocenters. The molecule has 106 valence electrons. The average molecular weight is 261 g/mol. The Morgan fingerprint density at radius 3 is 2.79 bits per heavy atom. The molecule has 1 aromatic carbocycles. The molecule has 0 aliphatic heterocycles. The van der Waals surface area contributed by atoms with E-state index in [0.717, 1.165) is 12.3 Å². The first kappa shape index (κ1) is 14.4. The summed E-state index contributed by atoms with van der Waals surface area (Å²) in [4.78, 5) is 0. The van der Waals surface area contributed by atoms with Crippen molar-refractivity contribution in [1.29, 1.82) is 0 Å². The van der Waals surface area contributed by atoms with Crippen molar-refractivity contribution in [2.45, 2.75) is 57.9 Å². The summed E-state index contributed by atoms with van der Waals surface area (Å²) in [6.07, 6.45) is 6.11. The largest absolute Gasteiger partial charge is 0.496 e. The maximum absolute atomic E-state index is 5.61. The molecule has 1 aromatic rings. The molecule has 2 heteroatoms. The van der Waals surface area contributed by atoms with Gasteiger partial charge in [-0.1, -0.05) is 32.4 Å². The molecule has 0 fully saturated rings. The Bertz CT molecular complexity index is 388. The molecule has 1 aliphatic rings. The number of nitrogens with one attached hydrogen (secondary N) is 1. The first-order valence-corrected chi connectivity index (χ1v) is 7.70. The lowest BCUT2D eigenvalue weighted by Gasteiger charge is -2.35. The van der Waals surface area contributed by atoms with Crippen LogP contribution in [0, 0.1) is 0 Å². The fraction of sp³-hybridized carbons (Fsp3) is 0.647. The van der Waals surface area contributed by atoms with E-state index in [-0.39, 0.29) is 0 Å². The van der Waals surface area contributed by atoms with Crippen molar-refractivity contribution < 1.29 is 4.74 Å². The van der Waals surface area contributed by atoms with E-state index in [2.05, 4.69) is 37.4 Å². The van der Waals surface area contributed by atoms with Crippen LogP contribution in [-0.4, -0.2) is 19.7 Å². The highest BCUT2D eigenvalue weighted by Crippen LogP contribution is 2.40. The van der Waals surface area contributed by atoms with Crippen molar-refractivity contribution in [1.82, 2.24) is 5.32 Å². The third-order valence-corrected chi connectivity index (χ3v) is 4.21. The average Bonchev–Trinajstić information content (AvgIpc) is 2.45. The zero-order chi connectivity index (χ0) is 13.7. The Labute approximate surface area is 117 Å². The lowest BCUT2D eigenvalue weighted by molar-refractivity contribution is 0.347. The molecule has 0 bridgehead atoms. The summed E-state index contributed by atoms with van der Waals surface area (Å²) < 4.78 is 5.61. The van der Waals surface area contributed by atoms with Crippen molar-refractivity contribution in [2.24, 2.45) is 0 Å². The summed E-state index contributed by atoms with van der Waals surface area (Å²) >= 11 is 0. The summed E-state index contributed by atoms with van der Waals surface area (Å²) in [5.74, 6) is 1.69. The SMILES string of the molecule is CCCN[C@@H]1CCc2cccc(OC)c2[C@@H]1CCC. The van der Waals surface area contributed by atoms with Crippen LogP contribution in [0.5, 0.6) is 5.75 Å². The van der Waals surface area contributed by atoms with Gasteiger partial charge in [0.25, 0.3) is 0 Å². The minimum Gasteiger partial charge on any atom is -0.496 e. The molecule has 0 heterocycles. The van der Waals surface area contributed by atoms with Crippen LogP contribution in [0.3, 0.4) is 0 Å². The van der Waals surface area contributed by atoms with Crippen LogP contribution in [0.4, 0.5) is 0 Å². The Morgan fingerprint density at radius 1 is 1.26 bits per heavy atom. The third-order valence-electron chi connectivity index (χ3n) is 4.21. The molecule has 2 nitrogen and oxygen atoms in total. The molecule has 2 rings (SSSR count). The van der Waals surface area contributed by atoms with E-state index in [0.29, 0.717) is 12.0 Å². The Hall–Kier alpha value is -1.02. The fourth-order valence-corrected chi connectivity index (χ4v) is 3.35. The number of benzene rings is 1. The number of aryl methyl sites for hydroxylation is 1. The molecule has 1 aliphatic carbocycles. The highest BCUT2D eigenvalue weighted by molar-refractivity contribution is 5.45. The zero-order valence-electron chi connectivity index (χ0n) is 12.5. The molecular formula is C17H27NO. The van der Waals surface area contributed by atoms with Gasteiger partial charge in [-0.2, -0.15) is 0 Å². The molecule has 0 spiro atoms. The van der Waals surface area contributed by atoms with Crippen molar-refractivity contribution in [3.05, 3.63) is 29.3 Å². The highest BCUT2D eigenvalue weighted by atomic mass is 16.5. The number of rotatable bonds is 6. The molecule has 2 atom stereocenters. The Kier molecular flexibility index (Phi) is 5.26. The van der Waals surface area contributed by atoms with Gasteiger partial charge in [-0.15, -0.1) is 0 Å². The number of methoxy groups -OCH3 is 1. The quantitative estimate of drug-likeness (QED) is 0.838. The molecule has 0 amide bonds. The van der Waals surface area contributed by atoms with Crippen LogP contribution < -0.4 is 10.1 Å². The zero-order valence-corrected chi connectivity index (χ0v) is 12.5. The number of hydrogen-bond acceptors (Lipinski definition) is 2. The van der Waals surface area contributed by atoms with Crippen LogP contribution in [0.25, 0.3) is 0 Å². The minimum absolute atomic E-state index is 0.608. The summed E-state index contributed by atoms with van der Waals surface area (Å²) in [6.45, 7) is 5.63. The lowest BCUT2D eigenvalue weighted by atomic mass is 9.76. The molecule has 0 radical (unpaired) electrons. The van der Waals surface area contributed by atoms with E-state index in [1.807, 2.05) is 0 Å². The maximum atomic E-state index is 5.61. The Morgan fingerprint density at radius 2 is 2.11 bits per heavy atom. The monoisotopic (exact) mass is 261 g/mol. The van der Waals surface area contributed by atoms with Gasteiger partial charge in [0.05, 0.1) is 7.11 Å². The van der Waals surface area contributed by atoms with Crippen LogP contribution >= 0.6 is 0 Å². The van der Waals surface area contributed by atoms with Crippen LogP contribution in [-0.2, 0) is 6.42 Å². The number of fused-ring (bicyclic) bond motifs is 1. The van der Waals surface area contributed by atoms with E-state index < -0.39 is 0 Å². The van der Waals surface area contributed by atoms with Gasteiger partial charge in [-0.3, -0.25) is 0 Å². The van der Waals surface area contributed by atoms with Gasteiger partial charge in [0.15, 0.2) is 0 Å². The first-order valence-electron chi connectivity index (χ1n) is 7.70. The highest BCUT2D eigenvalue weighted by Gasteiger charge is 2.30. The van der Waals surface area contributed by atoms with E-state index >= 15 is 0 Å². The Balaban J connectivity index is 2.30. The third kappa shape index (κ3) is 3.11. The summed E-state index contributed by atoms with van der Waals surface area (Å²) in [7, 11) is 1.79. The first-order chi connectivity index (χ1) is 9.31. The van der Waals surface area contributed by atoms with Gasteiger partial charge < -0.3 is 10.1 Å². The molecule has 0 aromatic heterocycles. The van der Waals surface area contributed by atoms with Crippen LogP contribution in [0.15, 0.2) is 18.2 Å². The summed E-state index contributed by atoms with van der Waals surface area (Å²) in [6, 6.07) is 7.13. The predicted octanol–water partition coefficient (Wildman–Crippen LogP) is 3.89. The molecule has 0 saturated carbocycles. The standard InChI is InChI=1S/C17H27NO/c1-4-7-14-15(18-12-5-2)11-10-13-8-6-9-16(19-3)17(13)14/h6,8-9,14-15,18H,4-5,7,10-12H2,1-3H3/t14-,15-/m1/s1. The van der Waals surface area contributed by atoms with E-state index in [9.17, 15) is 0 Å².